The van der Waals surface area contributed by atoms with Crippen LogP contribution in [0.5, 0.6) is 0 Å². The number of nitrogens with one attached hydrogen (secondary N) is 1. The number of carbonyl (C=O) groups excluding carboxylic acids is 2. The molecule has 0 aliphatic heterocycles. The van der Waals surface area contributed by atoms with E-state index in [4.69, 9.17) is 0 Å². The zero-order valence-corrected chi connectivity index (χ0v) is 18.5. The molecule has 3 aromatic rings. The maximum Gasteiger partial charge on any atom is 0.350 e. The fourth-order valence-corrected chi connectivity index (χ4v) is 5.94. The van der Waals surface area contributed by atoms with Crippen molar-refractivity contribution in [3.05, 3.63) is 46.4 Å². The predicted octanol–water partition coefficient (Wildman–Crippen LogP) is 2.86. The molecule has 0 spiro atoms. The van der Waals surface area contributed by atoms with Gasteiger partial charge in [-0.3, -0.25) is 9.59 Å². The Labute approximate surface area is 180 Å². The summed E-state index contributed by atoms with van der Waals surface area (Å²) in [5, 5.41) is 8.51. The van der Waals surface area contributed by atoms with E-state index in [-0.39, 0.29) is 29.3 Å². The zero-order valence-electron chi connectivity index (χ0n) is 18.5. The van der Waals surface area contributed by atoms with Gasteiger partial charge in [0.05, 0.1) is 17.5 Å². The SMILES string of the molecule is Cc1cc2ccccc2n2c(=O)n(CCNC(=O)[C@]34CC[C@@](C)(C(=O)C3)C4(C)C)nc12. The normalized spacial score (nSPS) is 26.8. The molecular weight excluding hydrogens is 392 g/mol. The lowest BCUT2D eigenvalue weighted by molar-refractivity contribution is -0.136. The summed E-state index contributed by atoms with van der Waals surface area (Å²) in [6.45, 7) is 8.61. The van der Waals surface area contributed by atoms with Crippen molar-refractivity contribution in [2.45, 2.75) is 53.5 Å². The minimum Gasteiger partial charge on any atom is -0.354 e. The van der Waals surface area contributed by atoms with Crippen LogP contribution in [0.15, 0.2) is 35.1 Å². The molecule has 0 unspecified atom stereocenters. The highest BCUT2D eigenvalue weighted by Gasteiger charge is 2.72. The second-order valence-corrected chi connectivity index (χ2v) is 9.95. The van der Waals surface area contributed by atoms with Crippen LogP contribution in [0.2, 0.25) is 0 Å². The van der Waals surface area contributed by atoms with E-state index in [1.54, 1.807) is 4.40 Å². The number of fused-ring (bicyclic) bond motifs is 5. The Balaban J connectivity index is 1.39. The molecule has 2 bridgehead atoms. The van der Waals surface area contributed by atoms with Gasteiger partial charge in [0, 0.05) is 18.4 Å². The number of Topliss-reactive ketones (excluding diaryl/α,β-unsaturated/α-hetero) is 1. The Morgan fingerprint density at radius 3 is 2.58 bits per heavy atom. The van der Waals surface area contributed by atoms with E-state index in [1.807, 2.05) is 58.0 Å². The molecule has 2 aliphatic carbocycles. The fourth-order valence-electron chi connectivity index (χ4n) is 5.94. The number of benzene rings is 1. The number of hydrogen-bond acceptors (Lipinski definition) is 4. The molecule has 1 amide bonds. The predicted molar refractivity (Wildman–Crippen MR) is 118 cm³/mol. The topological polar surface area (TPSA) is 85.5 Å². The molecule has 162 valence electrons. The van der Waals surface area contributed by atoms with Gasteiger partial charge in [-0.25, -0.2) is 13.9 Å². The molecule has 2 saturated carbocycles. The molecule has 2 fully saturated rings. The Morgan fingerprint density at radius 2 is 1.90 bits per heavy atom. The fraction of sp³-hybridized carbons (Fsp3) is 0.500. The number of pyridine rings is 1. The summed E-state index contributed by atoms with van der Waals surface area (Å²) in [5.41, 5.74) is 0.691. The molecule has 2 atom stereocenters. The summed E-state index contributed by atoms with van der Waals surface area (Å²) >= 11 is 0. The third kappa shape index (κ3) is 2.40. The van der Waals surface area contributed by atoms with Crippen molar-refractivity contribution in [3.63, 3.8) is 0 Å². The third-order valence-electron chi connectivity index (χ3n) is 8.49. The van der Waals surface area contributed by atoms with Crippen LogP contribution in [0.1, 0.15) is 45.6 Å². The van der Waals surface area contributed by atoms with Gasteiger partial charge in [0.25, 0.3) is 0 Å². The van der Waals surface area contributed by atoms with Crippen molar-refractivity contribution in [2.24, 2.45) is 16.2 Å². The van der Waals surface area contributed by atoms with Gasteiger partial charge in [-0.2, -0.15) is 0 Å². The van der Waals surface area contributed by atoms with Gasteiger partial charge in [0.1, 0.15) is 5.78 Å². The standard InChI is InChI=1S/C24H28N4O3/c1-15-13-16-7-5-6-8-17(16)28-19(15)26-27(21(28)31)12-11-25-20(30)24-10-9-23(4,18(29)14-24)22(24,2)3/h5-8,13H,9-12,14H2,1-4H3,(H,25,30)/t23-,24-/m0/s1. The Bertz CT molecular complexity index is 1320. The molecule has 2 aromatic heterocycles. The Kier molecular flexibility index (Phi) is 4.04. The lowest BCUT2D eigenvalue weighted by Crippen LogP contribution is -2.47. The summed E-state index contributed by atoms with van der Waals surface area (Å²) in [6.07, 6.45) is 1.79. The number of para-hydroxylation sites is 1. The van der Waals surface area contributed by atoms with E-state index in [9.17, 15) is 14.4 Å². The molecular formula is C24H28N4O3. The lowest BCUT2D eigenvalue weighted by atomic mass is 9.64. The van der Waals surface area contributed by atoms with Gasteiger partial charge >= 0.3 is 5.69 Å². The van der Waals surface area contributed by atoms with E-state index in [0.717, 1.165) is 29.3 Å². The number of aromatic nitrogens is 3. The Morgan fingerprint density at radius 1 is 1.16 bits per heavy atom. The molecule has 31 heavy (non-hydrogen) atoms. The average Bonchev–Trinajstić information content (AvgIpc) is 3.22. The summed E-state index contributed by atoms with van der Waals surface area (Å²) < 4.78 is 3.04. The van der Waals surface area contributed by atoms with E-state index in [1.165, 1.54) is 4.68 Å². The molecule has 1 N–H and O–H groups in total. The van der Waals surface area contributed by atoms with Crippen LogP contribution < -0.4 is 11.0 Å². The van der Waals surface area contributed by atoms with Gasteiger partial charge in [-0.05, 0) is 48.3 Å². The number of carbonyl (C=O) groups is 2. The molecule has 0 radical (unpaired) electrons. The number of nitrogens with zero attached hydrogens (tertiary/aromatic N) is 3. The van der Waals surface area contributed by atoms with Crippen LogP contribution in [0.3, 0.4) is 0 Å². The number of ketones is 1. The van der Waals surface area contributed by atoms with Crippen LogP contribution in [0.25, 0.3) is 16.6 Å². The maximum atomic E-state index is 13.2. The van der Waals surface area contributed by atoms with E-state index in [0.29, 0.717) is 18.6 Å². The van der Waals surface area contributed by atoms with Crippen LogP contribution in [0, 0.1) is 23.2 Å². The van der Waals surface area contributed by atoms with Crippen molar-refractivity contribution in [3.8, 4) is 0 Å². The third-order valence-corrected chi connectivity index (χ3v) is 8.49. The summed E-state index contributed by atoms with van der Waals surface area (Å²) in [6, 6.07) is 9.76. The molecule has 5 rings (SSSR count). The number of rotatable bonds is 4. The van der Waals surface area contributed by atoms with E-state index < -0.39 is 10.8 Å². The highest BCUT2D eigenvalue weighted by Crippen LogP contribution is 2.70. The van der Waals surface area contributed by atoms with E-state index >= 15 is 0 Å². The smallest absolute Gasteiger partial charge is 0.350 e. The van der Waals surface area contributed by atoms with Crippen LogP contribution in [0.4, 0.5) is 0 Å². The van der Waals surface area contributed by atoms with Gasteiger partial charge in [0.15, 0.2) is 5.65 Å². The van der Waals surface area contributed by atoms with Crippen LogP contribution >= 0.6 is 0 Å². The zero-order chi connectivity index (χ0) is 22.2. The van der Waals surface area contributed by atoms with Gasteiger partial charge in [-0.15, -0.1) is 5.10 Å². The highest BCUT2D eigenvalue weighted by atomic mass is 16.2. The molecule has 1 aromatic carbocycles. The minimum atomic E-state index is -0.657. The molecule has 7 nitrogen and oxygen atoms in total. The van der Waals surface area contributed by atoms with Gasteiger partial charge in [0.2, 0.25) is 5.91 Å². The van der Waals surface area contributed by atoms with Crippen molar-refractivity contribution >= 4 is 28.2 Å². The second kappa shape index (κ2) is 6.28. The monoisotopic (exact) mass is 420 g/mol. The van der Waals surface area contributed by atoms with Crippen molar-refractivity contribution in [2.75, 3.05) is 6.54 Å². The number of amides is 1. The number of aryl methyl sites for hydroxylation is 1. The van der Waals surface area contributed by atoms with Crippen molar-refractivity contribution < 1.29 is 9.59 Å². The van der Waals surface area contributed by atoms with Crippen LogP contribution in [-0.4, -0.2) is 32.4 Å². The summed E-state index contributed by atoms with van der Waals surface area (Å²) in [7, 11) is 0. The first-order valence-electron chi connectivity index (χ1n) is 10.9. The number of hydrogen-bond donors (Lipinski definition) is 1. The molecule has 0 saturated heterocycles. The maximum absolute atomic E-state index is 13.2. The molecule has 2 heterocycles. The lowest BCUT2D eigenvalue weighted by Gasteiger charge is -2.38. The molecule has 2 aliphatic rings. The highest BCUT2D eigenvalue weighted by molar-refractivity contribution is 5.99. The summed E-state index contributed by atoms with van der Waals surface area (Å²) in [5.74, 6) is 0.114. The van der Waals surface area contributed by atoms with Gasteiger partial charge < -0.3 is 5.32 Å². The Hall–Kier alpha value is -2.96. The van der Waals surface area contributed by atoms with Crippen molar-refractivity contribution in [1.29, 1.82) is 0 Å². The largest absolute Gasteiger partial charge is 0.354 e. The molecule has 7 heteroatoms. The van der Waals surface area contributed by atoms with Crippen molar-refractivity contribution in [1.82, 2.24) is 19.5 Å². The first-order chi connectivity index (χ1) is 14.6. The first kappa shape index (κ1) is 20.0. The average molecular weight is 421 g/mol. The first-order valence-corrected chi connectivity index (χ1v) is 10.9. The second-order valence-electron chi connectivity index (χ2n) is 9.95. The van der Waals surface area contributed by atoms with Gasteiger partial charge in [-0.1, -0.05) is 39.0 Å². The van der Waals surface area contributed by atoms with E-state index in [2.05, 4.69) is 10.4 Å². The quantitative estimate of drug-likeness (QED) is 0.703. The van der Waals surface area contributed by atoms with Crippen LogP contribution in [-0.2, 0) is 16.1 Å². The minimum absolute atomic E-state index is 0.0782. The summed E-state index contributed by atoms with van der Waals surface area (Å²) in [4.78, 5) is 38.9.